The van der Waals surface area contributed by atoms with Crippen LogP contribution in [-0.4, -0.2) is 23.9 Å². The molecule has 0 spiro atoms. The lowest BCUT2D eigenvalue weighted by Crippen LogP contribution is -2.18. The van der Waals surface area contributed by atoms with E-state index in [2.05, 4.69) is 15.6 Å². The lowest BCUT2D eigenvalue weighted by molar-refractivity contribution is 0.101. The number of nitrogens with zero attached hydrogens (tertiary/aromatic N) is 1. The average Bonchev–Trinajstić information content (AvgIpc) is 2.70. The molecule has 1 heterocycles. The van der Waals surface area contributed by atoms with Crippen LogP contribution in [0, 0.1) is 0 Å². The molecule has 0 unspecified atom stereocenters. The zero-order valence-electron chi connectivity index (χ0n) is 14.4. The van der Waals surface area contributed by atoms with Crippen molar-refractivity contribution < 1.29 is 14.3 Å². The van der Waals surface area contributed by atoms with Crippen LogP contribution < -0.4 is 15.4 Å². The molecule has 3 rings (SSSR count). The number of benzene rings is 2. The molecule has 6 nitrogen and oxygen atoms in total. The fraction of sp³-hybridized carbons (Fsp3) is 0.0500. The van der Waals surface area contributed by atoms with Gasteiger partial charge in [0.2, 0.25) is 0 Å². The highest BCUT2D eigenvalue weighted by atomic mass is 35.5. The number of nitrogens with one attached hydrogen (secondary N) is 2. The van der Waals surface area contributed by atoms with Gasteiger partial charge < -0.3 is 15.4 Å². The van der Waals surface area contributed by atoms with Gasteiger partial charge in [-0.15, -0.1) is 0 Å². The second kappa shape index (κ2) is 8.33. The fourth-order valence-electron chi connectivity index (χ4n) is 2.29. The predicted molar refractivity (Wildman–Crippen MR) is 105 cm³/mol. The third-order valence-electron chi connectivity index (χ3n) is 3.66. The first-order valence-corrected chi connectivity index (χ1v) is 8.42. The molecular weight excluding hydrogens is 366 g/mol. The Labute approximate surface area is 161 Å². The highest BCUT2D eigenvalue weighted by Gasteiger charge is 2.13. The van der Waals surface area contributed by atoms with Gasteiger partial charge in [-0.3, -0.25) is 9.59 Å². The molecule has 2 N–H and O–H groups in total. The molecule has 3 aromatic rings. The van der Waals surface area contributed by atoms with Crippen molar-refractivity contribution in [1.29, 1.82) is 0 Å². The summed E-state index contributed by atoms with van der Waals surface area (Å²) in [5.74, 6) is -0.148. The third kappa shape index (κ3) is 4.83. The van der Waals surface area contributed by atoms with Crippen LogP contribution >= 0.6 is 11.6 Å². The Bertz CT molecular complexity index is 957. The molecule has 0 radical (unpaired) electrons. The van der Waals surface area contributed by atoms with E-state index >= 15 is 0 Å². The predicted octanol–water partition coefficient (Wildman–Crippen LogP) is 4.25. The maximum absolute atomic E-state index is 12.4. The van der Waals surface area contributed by atoms with E-state index in [9.17, 15) is 9.59 Å². The molecule has 0 bridgehead atoms. The van der Waals surface area contributed by atoms with Gasteiger partial charge in [0.25, 0.3) is 11.8 Å². The number of carbonyl (C=O) groups is 2. The molecule has 0 saturated heterocycles. The Morgan fingerprint density at radius 2 is 1.30 bits per heavy atom. The molecule has 27 heavy (non-hydrogen) atoms. The number of hydrogen-bond acceptors (Lipinski definition) is 4. The molecule has 0 fully saturated rings. The van der Waals surface area contributed by atoms with Crippen molar-refractivity contribution >= 4 is 34.8 Å². The van der Waals surface area contributed by atoms with Crippen molar-refractivity contribution in [3.63, 3.8) is 0 Å². The van der Waals surface area contributed by atoms with Crippen LogP contribution in [0.1, 0.15) is 21.0 Å². The Kier molecular flexibility index (Phi) is 5.68. The van der Waals surface area contributed by atoms with Gasteiger partial charge in [-0.25, -0.2) is 4.98 Å². The molecule has 0 atom stereocenters. The standard InChI is InChI=1S/C20H16ClN3O3/c1-27-16-11-9-15(10-12-16)23-20(26)18-4-2-3-17(24-18)19(25)22-14-7-5-13(21)6-8-14/h2-12H,1H3,(H,22,25)(H,23,26). The van der Waals surface area contributed by atoms with Gasteiger partial charge in [0.1, 0.15) is 17.1 Å². The van der Waals surface area contributed by atoms with Crippen molar-refractivity contribution in [2.24, 2.45) is 0 Å². The summed E-state index contributed by atoms with van der Waals surface area (Å²) in [5, 5.41) is 6.01. The highest BCUT2D eigenvalue weighted by molar-refractivity contribution is 6.30. The lowest BCUT2D eigenvalue weighted by atomic mass is 10.2. The largest absolute Gasteiger partial charge is 0.497 e. The van der Waals surface area contributed by atoms with Crippen molar-refractivity contribution in [1.82, 2.24) is 4.98 Å². The van der Waals surface area contributed by atoms with Gasteiger partial charge in [-0.1, -0.05) is 17.7 Å². The van der Waals surface area contributed by atoms with Crippen molar-refractivity contribution in [3.8, 4) is 5.75 Å². The Morgan fingerprint density at radius 1 is 0.815 bits per heavy atom. The molecule has 2 amide bonds. The quantitative estimate of drug-likeness (QED) is 0.692. The van der Waals surface area contributed by atoms with E-state index in [0.29, 0.717) is 22.1 Å². The minimum absolute atomic E-state index is 0.132. The lowest BCUT2D eigenvalue weighted by Gasteiger charge is -2.08. The van der Waals surface area contributed by atoms with Gasteiger partial charge >= 0.3 is 0 Å². The summed E-state index contributed by atoms with van der Waals surface area (Å²) in [6.45, 7) is 0. The minimum Gasteiger partial charge on any atom is -0.497 e. The van der Waals surface area contributed by atoms with E-state index in [1.807, 2.05) is 0 Å². The molecule has 136 valence electrons. The number of hydrogen-bond donors (Lipinski definition) is 2. The van der Waals surface area contributed by atoms with Gasteiger partial charge in [0.05, 0.1) is 7.11 Å². The number of methoxy groups -OCH3 is 1. The summed E-state index contributed by atoms with van der Waals surface area (Å²) < 4.78 is 5.08. The molecule has 0 saturated carbocycles. The summed E-state index contributed by atoms with van der Waals surface area (Å²) in [6.07, 6.45) is 0. The maximum Gasteiger partial charge on any atom is 0.274 e. The molecule has 0 aliphatic rings. The number of amides is 2. The second-order valence-corrected chi connectivity index (χ2v) is 5.99. The number of aromatic nitrogens is 1. The van der Waals surface area contributed by atoms with E-state index in [0.717, 1.165) is 0 Å². The smallest absolute Gasteiger partial charge is 0.274 e. The van der Waals surface area contributed by atoms with E-state index in [4.69, 9.17) is 16.3 Å². The minimum atomic E-state index is -0.420. The summed E-state index contributed by atoms with van der Waals surface area (Å²) in [7, 11) is 1.57. The van der Waals surface area contributed by atoms with E-state index < -0.39 is 11.8 Å². The number of carbonyl (C=O) groups excluding carboxylic acids is 2. The van der Waals surface area contributed by atoms with Crippen LogP contribution in [0.2, 0.25) is 5.02 Å². The maximum atomic E-state index is 12.4. The number of anilines is 2. The van der Waals surface area contributed by atoms with Gasteiger partial charge in [-0.2, -0.15) is 0 Å². The molecular formula is C20H16ClN3O3. The van der Waals surface area contributed by atoms with E-state index in [1.54, 1.807) is 61.7 Å². The molecule has 7 heteroatoms. The molecule has 2 aromatic carbocycles. The fourth-order valence-corrected chi connectivity index (χ4v) is 2.41. The van der Waals surface area contributed by atoms with E-state index in [1.165, 1.54) is 12.1 Å². The van der Waals surface area contributed by atoms with Gasteiger partial charge in [0, 0.05) is 16.4 Å². The van der Waals surface area contributed by atoms with Crippen LogP contribution in [-0.2, 0) is 0 Å². The number of ether oxygens (including phenoxy) is 1. The topological polar surface area (TPSA) is 80.3 Å². The normalized spacial score (nSPS) is 10.1. The number of rotatable bonds is 5. The van der Waals surface area contributed by atoms with Crippen LogP contribution in [0.25, 0.3) is 0 Å². The monoisotopic (exact) mass is 381 g/mol. The summed E-state index contributed by atoms with van der Waals surface area (Å²) in [4.78, 5) is 28.9. The highest BCUT2D eigenvalue weighted by Crippen LogP contribution is 2.16. The number of halogens is 1. The zero-order chi connectivity index (χ0) is 19.2. The SMILES string of the molecule is COc1ccc(NC(=O)c2cccc(C(=O)Nc3ccc(Cl)cc3)n2)cc1. The van der Waals surface area contributed by atoms with Crippen molar-refractivity contribution in [2.75, 3.05) is 17.7 Å². The van der Waals surface area contributed by atoms with E-state index in [-0.39, 0.29) is 11.4 Å². The van der Waals surface area contributed by atoms with Gasteiger partial charge in [-0.05, 0) is 60.7 Å². The van der Waals surface area contributed by atoms with Crippen LogP contribution in [0.3, 0.4) is 0 Å². The molecule has 0 aliphatic carbocycles. The second-order valence-electron chi connectivity index (χ2n) is 5.55. The van der Waals surface area contributed by atoms with Gasteiger partial charge in [0.15, 0.2) is 0 Å². The summed E-state index contributed by atoms with van der Waals surface area (Å²) in [6, 6.07) is 18.3. The molecule has 0 aliphatic heterocycles. The average molecular weight is 382 g/mol. The first-order valence-electron chi connectivity index (χ1n) is 8.04. The third-order valence-corrected chi connectivity index (χ3v) is 3.92. The van der Waals surface area contributed by atoms with Crippen LogP contribution in [0.4, 0.5) is 11.4 Å². The Morgan fingerprint density at radius 3 is 1.78 bits per heavy atom. The van der Waals surface area contributed by atoms with Crippen molar-refractivity contribution in [2.45, 2.75) is 0 Å². The Hall–Kier alpha value is -3.38. The Balaban J connectivity index is 1.70. The molecule has 1 aromatic heterocycles. The van der Waals surface area contributed by atoms with Crippen LogP contribution in [0.5, 0.6) is 5.75 Å². The van der Waals surface area contributed by atoms with Crippen molar-refractivity contribution in [3.05, 3.63) is 83.1 Å². The summed E-state index contributed by atoms with van der Waals surface area (Å²) >= 11 is 5.83. The summed E-state index contributed by atoms with van der Waals surface area (Å²) in [5.41, 5.74) is 1.44. The number of pyridine rings is 1. The first-order chi connectivity index (χ1) is 13.0. The first kappa shape index (κ1) is 18.4. The van der Waals surface area contributed by atoms with Crippen LogP contribution in [0.15, 0.2) is 66.7 Å². The zero-order valence-corrected chi connectivity index (χ0v) is 15.2.